The molecule has 30 heavy (non-hydrogen) atoms. The summed E-state index contributed by atoms with van der Waals surface area (Å²) in [6.07, 6.45) is 3.10. The summed E-state index contributed by atoms with van der Waals surface area (Å²) in [7, 11) is 2.04. The average molecular weight is 443 g/mol. The highest BCUT2D eigenvalue weighted by atomic mass is 35.5. The molecule has 156 valence electrons. The van der Waals surface area contributed by atoms with Crippen LogP contribution < -0.4 is 10.6 Å². The quantitative estimate of drug-likeness (QED) is 0.562. The lowest BCUT2D eigenvalue weighted by atomic mass is 10.1. The minimum absolute atomic E-state index is 0.0523. The molecule has 0 spiro atoms. The molecule has 0 aromatic heterocycles. The van der Waals surface area contributed by atoms with E-state index in [0.717, 1.165) is 18.7 Å². The first-order valence-corrected chi connectivity index (χ1v) is 10.3. The molecule has 2 aromatic rings. The lowest BCUT2D eigenvalue weighted by molar-refractivity contribution is -0.115. The maximum atomic E-state index is 12.8. The fourth-order valence-corrected chi connectivity index (χ4v) is 3.36. The molecule has 2 aromatic carbocycles. The van der Waals surface area contributed by atoms with Crippen molar-refractivity contribution in [1.82, 2.24) is 15.1 Å². The van der Waals surface area contributed by atoms with Crippen LogP contribution in [0.5, 0.6) is 0 Å². The van der Waals surface area contributed by atoms with Crippen LogP contribution in [0.15, 0.2) is 54.6 Å². The molecule has 0 aliphatic carbocycles. The second-order valence-corrected chi connectivity index (χ2v) is 7.79. The molecule has 1 aliphatic heterocycles. The van der Waals surface area contributed by atoms with Crippen LogP contribution in [0.4, 0.5) is 5.69 Å². The first-order chi connectivity index (χ1) is 14.4. The molecule has 1 heterocycles. The Balaban J connectivity index is 1.61. The van der Waals surface area contributed by atoms with Gasteiger partial charge in [0.25, 0.3) is 5.91 Å². The minimum atomic E-state index is -0.364. The highest BCUT2D eigenvalue weighted by Crippen LogP contribution is 2.24. The maximum absolute atomic E-state index is 12.8. The predicted octanol–water partition coefficient (Wildman–Crippen LogP) is 3.25. The van der Waals surface area contributed by atoms with Gasteiger partial charge in [0.1, 0.15) is 0 Å². The Morgan fingerprint density at radius 1 is 1.07 bits per heavy atom. The van der Waals surface area contributed by atoms with Crippen molar-refractivity contribution in [3.05, 3.63) is 70.8 Å². The first-order valence-electron chi connectivity index (χ1n) is 9.55. The molecule has 0 radical (unpaired) electrons. The van der Waals surface area contributed by atoms with Crippen LogP contribution in [0, 0.1) is 0 Å². The fourth-order valence-electron chi connectivity index (χ4n) is 2.99. The summed E-state index contributed by atoms with van der Waals surface area (Å²) >= 11 is 11.5. The zero-order chi connectivity index (χ0) is 21.5. The normalized spacial score (nSPS) is 14.5. The minimum Gasteiger partial charge on any atom is -0.336 e. The Morgan fingerprint density at radius 3 is 2.47 bits per heavy atom. The molecule has 6 nitrogen and oxygen atoms in total. The molecule has 1 aliphatic rings. The lowest BCUT2D eigenvalue weighted by Gasteiger charge is -2.32. The Kier molecular flexibility index (Phi) is 7.57. The molecule has 0 saturated carbocycles. The molecular formula is C22H23ClN4O2S. The van der Waals surface area contributed by atoms with E-state index in [1.165, 1.54) is 6.08 Å². The van der Waals surface area contributed by atoms with Gasteiger partial charge in [-0.15, -0.1) is 0 Å². The van der Waals surface area contributed by atoms with Crippen molar-refractivity contribution in [3.8, 4) is 0 Å². The van der Waals surface area contributed by atoms with Crippen molar-refractivity contribution in [2.45, 2.75) is 0 Å². The van der Waals surface area contributed by atoms with Crippen molar-refractivity contribution in [1.29, 1.82) is 0 Å². The molecule has 0 unspecified atom stereocenters. The third-order valence-corrected chi connectivity index (χ3v) is 5.25. The number of carbonyl (C=O) groups excluding carboxylic acids is 2. The number of rotatable bonds is 4. The highest BCUT2D eigenvalue weighted by molar-refractivity contribution is 7.80. The van der Waals surface area contributed by atoms with Gasteiger partial charge >= 0.3 is 0 Å². The Morgan fingerprint density at radius 2 is 1.77 bits per heavy atom. The van der Waals surface area contributed by atoms with Gasteiger partial charge in [-0.2, -0.15) is 0 Å². The zero-order valence-electron chi connectivity index (χ0n) is 16.6. The largest absolute Gasteiger partial charge is 0.336 e. The van der Waals surface area contributed by atoms with Gasteiger partial charge in [-0.05, 0) is 49.1 Å². The Hall–Kier alpha value is -2.74. The number of thiocarbonyl (C=S) groups is 1. The number of hydrogen-bond acceptors (Lipinski definition) is 4. The van der Waals surface area contributed by atoms with Crippen molar-refractivity contribution >= 4 is 52.5 Å². The van der Waals surface area contributed by atoms with Gasteiger partial charge in [-0.25, -0.2) is 0 Å². The molecular weight excluding hydrogens is 420 g/mol. The van der Waals surface area contributed by atoms with Gasteiger partial charge in [-0.1, -0.05) is 41.9 Å². The second-order valence-electron chi connectivity index (χ2n) is 6.98. The van der Waals surface area contributed by atoms with Crippen LogP contribution in [0.2, 0.25) is 5.02 Å². The SMILES string of the molecule is CN1CCN(C(=O)c2ccc(Cl)c(NC(=S)NC(=O)/C=C/c3ccccc3)c2)CC1. The fraction of sp³-hybridized carbons (Fsp3) is 0.227. The van der Waals surface area contributed by atoms with E-state index < -0.39 is 0 Å². The Labute approximate surface area is 186 Å². The number of likely N-dealkylation sites (N-methyl/N-ethyl adjacent to an activating group) is 1. The molecule has 0 atom stereocenters. The number of anilines is 1. The molecule has 1 fully saturated rings. The molecule has 2 N–H and O–H groups in total. The van der Waals surface area contributed by atoms with Crippen molar-refractivity contribution < 1.29 is 9.59 Å². The van der Waals surface area contributed by atoms with Crippen molar-refractivity contribution in [2.24, 2.45) is 0 Å². The molecule has 2 amide bonds. The van der Waals surface area contributed by atoms with Gasteiger partial charge < -0.3 is 15.1 Å². The summed E-state index contributed by atoms with van der Waals surface area (Å²) in [5.41, 5.74) is 1.89. The van der Waals surface area contributed by atoms with E-state index in [0.29, 0.717) is 29.4 Å². The molecule has 8 heteroatoms. The third kappa shape index (κ3) is 6.13. The van der Waals surface area contributed by atoms with Crippen LogP contribution >= 0.6 is 23.8 Å². The third-order valence-electron chi connectivity index (χ3n) is 4.72. The number of nitrogens with zero attached hydrogens (tertiary/aromatic N) is 2. The monoisotopic (exact) mass is 442 g/mol. The van der Waals surface area contributed by atoms with E-state index >= 15 is 0 Å². The van der Waals surface area contributed by atoms with Crippen LogP contribution in [-0.2, 0) is 4.79 Å². The standard InChI is InChI=1S/C22H23ClN4O2S/c1-26-11-13-27(14-12-26)21(29)17-8-9-18(23)19(15-17)24-22(30)25-20(28)10-7-16-5-3-2-4-6-16/h2-10,15H,11-14H2,1H3,(H2,24,25,28,30)/b10-7+. The number of piperazine rings is 1. The van der Waals surface area contributed by atoms with Crippen LogP contribution in [0.25, 0.3) is 6.08 Å². The van der Waals surface area contributed by atoms with E-state index in [1.807, 2.05) is 42.3 Å². The van der Waals surface area contributed by atoms with Crippen LogP contribution in [-0.4, -0.2) is 60.0 Å². The summed E-state index contributed by atoms with van der Waals surface area (Å²) in [5.74, 6) is -0.416. The number of nitrogens with one attached hydrogen (secondary N) is 2. The molecule has 0 bridgehead atoms. The van der Waals surface area contributed by atoms with Gasteiger partial charge in [0.2, 0.25) is 5.91 Å². The molecule has 1 saturated heterocycles. The maximum Gasteiger partial charge on any atom is 0.254 e. The van der Waals surface area contributed by atoms with Gasteiger partial charge in [0, 0.05) is 37.8 Å². The number of benzene rings is 2. The van der Waals surface area contributed by atoms with Gasteiger partial charge in [-0.3, -0.25) is 14.9 Å². The van der Waals surface area contributed by atoms with E-state index in [9.17, 15) is 9.59 Å². The topological polar surface area (TPSA) is 64.7 Å². The number of halogens is 1. The summed E-state index contributed by atoms with van der Waals surface area (Å²) in [6, 6.07) is 14.5. The lowest BCUT2D eigenvalue weighted by Crippen LogP contribution is -2.47. The Bertz CT molecular complexity index is 957. The van der Waals surface area contributed by atoms with E-state index in [-0.39, 0.29) is 16.9 Å². The van der Waals surface area contributed by atoms with E-state index in [2.05, 4.69) is 15.5 Å². The highest BCUT2D eigenvalue weighted by Gasteiger charge is 2.21. The van der Waals surface area contributed by atoms with E-state index in [1.54, 1.807) is 24.3 Å². The summed E-state index contributed by atoms with van der Waals surface area (Å²) < 4.78 is 0. The first kappa shape index (κ1) is 22.0. The zero-order valence-corrected chi connectivity index (χ0v) is 18.2. The number of carbonyl (C=O) groups is 2. The predicted molar refractivity (Wildman–Crippen MR) is 125 cm³/mol. The second kappa shape index (κ2) is 10.3. The smallest absolute Gasteiger partial charge is 0.254 e. The average Bonchev–Trinajstić information content (AvgIpc) is 2.74. The van der Waals surface area contributed by atoms with Crippen LogP contribution in [0.3, 0.4) is 0 Å². The van der Waals surface area contributed by atoms with Crippen molar-refractivity contribution in [2.75, 3.05) is 38.5 Å². The number of amides is 2. The summed E-state index contributed by atoms with van der Waals surface area (Å²) in [6.45, 7) is 3.06. The summed E-state index contributed by atoms with van der Waals surface area (Å²) in [4.78, 5) is 28.9. The number of hydrogen-bond donors (Lipinski definition) is 2. The van der Waals surface area contributed by atoms with Crippen molar-refractivity contribution in [3.63, 3.8) is 0 Å². The van der Waals surface area contributed by atoms with Crippen LogP contribution in [0.1, 0.15) is 15.9 Å². The van der Waals surface area contributed by atoms with E-state index in [4.69, 9.17) is 23.8 Å². The molecule has 3 rings (SSSR count). The van der Waals surface area contributed by atoms with Gasteiger partial charge in [0.15, 0.2) is 5.11 Å². The summed E-state index contributed by atoms with van der Waals surface area (Å²) in [5, 5.41) is 5.98. The van der Waals surface area contributed by atoms with Gasteiger partial charge in [0.05, 0.1) is 10.7 Å².